The van der Waals surface area contributed by atoms with Gasteiger partial charge in [0.1, 0.15) is 0 Å². The number of nitrogens with one attached hydrogen (secondary N) is 1. The van der Waals surface area contributed by atoms with Crippen molar-refractivity contribution in [3.8, 4) is 0 Å². The van der Waals surface area contributed by atoms with Crippen molar-refractivity contribution < 1.29 is 9.53 Å². The van der Waals surface area contributed by atoms with Gasteiger partial charge in [0.2, 0.25) is 0 Å². The van der Waals surface area contributed by atoms with Crippen LogP contribution in [0.25, 0.3) is 0 Å². The van der Waals surface area contributed by atoms with Crippen molar-refractivity contribution in [2.45, 2.75) is 25.7 Å². The fourth-order valence-electron chi connectivity index (χ4n) is 2.22. The summed E-state index contributed by atoms with van der Waals surface area (Å²) < 4.78 is 4.67. The summed E-state index contributed by atoms with van der Waals surface area (Å²) in [5, 5.41) is 3.12. The molecule has 3 N–H and O–H groups in total. The minimum absolute atomic E-state index is 0. The fraction of sp³-hybridized carbons (Fsp3) is 0.500. The van der Waals surface area contributed by atoms with E-state index >= 15 is 0 Å². The standard InChI is InChI=1S/C16H23N3O2.HI/c1-21-15(20)14-7-5-12(6-8-14)9-10-18-16(17)19-11-13-3-2-4-13;/h5-8,13H,2-4,9-11H2,1H3,(H3,17,18,19);1H. The number of ether oxygens (including phenoxy) is 1. The SMILES string of the molecule is COC(=O)c1ccc(CCNC(N)=NCC2CCC2)cc1.I. The van der Waals surface area contributed by atoms with Crippen molar-refractivity contribution in [1.29, 1.82) is 0 Å². The quantitative estimate of drug-likeness (QED) is 0.323. The number of hydrogen-bond donors (Lipinski definition) is 2. The molecular formula is C16H24IN3O2. The molecule has 0 bridgehead atoms. The van der Waals surface area contributed by atoms with E-state index in [4.69, 9.17) is 5.73 Å². The number of aliphatic imine (C=N–C) groups is 1. The number of carbonyl (C=O) groups excluding carboxylic acids is 1. The lowest BCUT2D eigenvalue weighted by molar-refractivity contribution is 0.0600. The van der Waals surface area contributed by atoms with Crippen molar-refractivity contribution in [2.24, 2.45) is 16.6 Å². The van der Waals surface area contributed by atoms with Crippen LogP contribution in [0, 0.1) is 5.92 Å². The third-order valence-corrected chi connectivity index (χ3v) is 3.84. The monoisotopic (exact) mass is 417 g/mol. The van der Waals surface area contributed by atoms with Gasteiger partial charge in [-0.05, 0) is 42.9 Å². The molecule has 0 spiro atoms. The van der Waals surface area contributed by atoms with Gasteiger partial charge >= 0.3 is 5.97 Å². The lowest BCUT2D eigenvalue weighted by atomic mass is 9.86. The molecule has 0 atom stereocenters. The number of halogens is 1. The molecule has 22 heavy (non-hydrogen) atoms. The molecule has 1 aliphatic rings. The first kappa shape index (κ1) is 18.7. The summed E-state index contributed by atoms with van der Waals surface area (Å²) in [5.74, 6) is 0.941. The van der Waals surface area contributed by atoms with Gasteiger partial charge in [0.05, 0.1) is 12.7 Å². The number of carbonyl (C=O) groups is 1. The van der Waals surface area contributed by atoms with Crippen LogP contribution >= 0.6 is 24.0 Å². The first-order valence-electron chi connectivity index (χ1n) is 7.40. The van der Waals surface area contributed by atoms with Crippen LogP contribution in [0.1, 0.15) is 35.2 Å². The Kier molecular flexibility index (Phi) is 8.22. The molecule has 0 amide bonds. The van der Waals surface area contributed by atoms with Crippen LogP contribution in [-0.4, -0.2) is 32.1 Å². The lowest BCUT2D eigenvalue weighted by Gasteiger charge is -2.23. The second-order valence-electron chi connectivity index (χ2n) is 5.39. The molecular weight excluding hydrogens is 393 g/mol. The van der Waals surface area contributed by atoms with Crippen LogP contribution in [0.4, 0.5) is 0 Å². The number of rotatable bonds is 6. The van der Waals surface area contributed by atoms with Crippen molar-refractivity contribution >= 4 is 35.9 Å². The minimum Gasteiger partial charge on any atom is -0.465 e. The number of hydrogen-bond acceptors (Lipinski definition) is 3. The zero-order valence-corrected chi connectivity index (χ0v) is 15.2. The topological polar surface area (TPSA) is 76.7 Å². The summed E-state index contributed by atoms with van der Waals surface area (Å²) in [4.78, 5) is 15.7. The molecule has 1 saturated carbocycles. The maximum absolute atomic E-state index is 11.3. The van der Waals surface area contributed by atoms with Gasteiger partial charge in [-0.2, -0.15) is 0 Å². The number of esters is 1. The molecule has 5 nitrogen and oxygen atoms in total. The summed E-state index contributed by atoms with van der Waals surface area (Å²) in [6.45, 7) is 1.57. The van der Waals surface area contributed by atoms with Gasteiger partial charge in [0, 0.05) is 13.1 Å². The maximum atomic E-state index is 11.3. The van der Waals surface area contributed by atoms with Gasteiger partial charge in [-0.15, -0.1) is 24.0 Å². The Morgan fingerprint density at radius 1 is 1.36 bits per heavy atom. The first-order valence-corrected chi connectivity index (χ1v) is 7.40. The van der Waals surface area contributed by atoms with E-state index in [0.29, 0.717) is 11.5 Å². The van der Waals surface area contributed by atoms with Crippen LogP contribution in [0.2, 0.25) is 0 Å². The molecule has 0 radical (unpaired) electrons. The Morgan fingerprint density at radius 3 is 2.59 bits per heavy atom. The molecule has 0 saturated heterocycles. The van der Waals surface area contributed by atoms with Gasteiger partial charge in [0.25, 0.3) is 0 Å². The summed E-state index contributed by atoms with van der Waals surface area (Å²) in [6.07, 6.45) is 4.73. The third kappa shape index (κ3) is 5.82. The van der Waals surface area contributed by atoms with Gasteiger partial charge in [-0.25, -0.2) is 4.79 Å². The minimum atomic E-state index is -0.313. The number of nitrogens with two attached hydrogens (primary N) is 1. The molecule has 122 valence electrons. The average molecular weight is 417 g/mol. The number of guanidine groups is 1. The van der Waals surface area contributed by atoms with Crippen molar-refractivity contribution in [3.05, 3.63) is 35.4 Å². The third-order valence-electron chi connectivity index (χ3n) is 3.84. The molecule has 2 rings (SSSR count). The number of methoxy groups -OCH3 is 1. The van der Waals surface area contributed by atoms with Crippen LogP contribution in [0.5, 0.6) is 0 Å². The maximum Gasteiger partial charge on any atom is 0.337 e. The highest BCUT2D eigenvalue weighted by Crippen LogP contribution is 2.26. The van der Waals surface area contributed by atoms with Gasteiger partial charge in [-0.3, -0.25) is 4.99 Å². The van der Waals surface area contributed by atoms with Crippen molar-refractivity contribution in [3.63, 3.8) is 0 Å². The van der Waals surface area contributed by atoms with Crippen LogP contribution in [0.15, 0.2) is 29.3 Å². The fourth-order valence-corrected chi connectivity index (χ4v) is 2.22. The van der Waals surface area contributed by atoms with Crippen LogP contribution < -0.4 is 11.1 Å². The van der Waals surface area contributed by atoms with E-state index in [1.54, 1.807) is 12.1 Å². The smallest absolute Gasteiger partial charge is 0.337 e. The summed E-state index contributed by atoms with van der Waals surface area (Å²) in [5.41, 5.74) is 7.53. The molecule has 1 aliphatic carbocycles. The first-order chi connectivity index (χ1) is 10.2. The Morgan fingerprint density at radius 2 is 2.05 bits per heavy atom. The van der Waals surface area contributed by atoms with E-state index in [1.165, 1.54) is 26.4 Å². The molecule has 1 fully saturated rings. The molecule has 6 heteroatoms. The Bertz CT molecular complexity index is 499. The zero-order valence-electron chi connectivity index (χ0n) is 12.9. The van der Waals surface area contributed by atoms with E-state index in [-0.39, 0.29) is 29.9 Å². The largest absolute Gasteiger partial charge is 0.465 e. The van der Waals surface area contributed by atoms with Gasteiger partial charge in [-0.1, -0.05) is 18.6 Å². The zero-order chi connectivity index (χ0) is 15.1. The average Bonchev–Trinajstić information content (AvgIpc) is 2.45. The van der Waals surface area contributed by atoms with Crippen molar-refractivity contribution in [1.82, 2.24) is 5.32 Å². The second-order valence-corrected chi connectivity index (χ2v) is 5.39. The number of nitrogens with zero attached hydrogens (tertiary/aromatic N) is 1. The Hall–Kier alpha value is -1.31. The van der Waals surface area contributed by atoms with E-state index in [1.807, 2.05) is 12.1 Å². The molecule has 1 aromatic carbocycles. The van der Waals surface area contributed by atoms with Crippen molar-refractivity contribution in [2.75, 3.05) is 20.2 Å². The van der Waals surface area contributed by atoms with E-state index in [2.05, 4.69) is 15.0 Å². The molecule has 0 heterocycles. The summed E-state index contributed by atoms with van der Waals surface area (Å²) in [7, 11) is 1.38. The molecule has 1 aromatic rings. The lowest BCUT2D eigenvalue weighted by Crippen LogP contribution is -2.34. The summed E-state index contributed by atoms with van der Waals surface area (Å²) >= 11 is 0. The molecule has 0 aromatic heterocycles. The number of benzene rings is 1. The normalized spacial score (nSPS) is 14.7. The second kappa shape index (κ2) is 9.66. The molecule has 0 aliphatic heterocycles. The predicted octanol–water partition coefficient (Wildman–Crippen LogP) is 2.34. The highest BCUT2D eigenvalue weighted by atomic mass is 127. The van der Waals surface area contributed by atoms with Crippen LogP contribution in [-0.2, 0) is 11.2 Å². The highest BCUT2D eigenvalue weighted by Gasteiger charge is 2.16. The van der Waals surface area contributed by atoms with E-state index in [9.17, 15) is 4.79 Å². The Balaban J connectivity index is 0.00000242. The van der Waals surface area contributed by atoms with Crippen LogP contribution in [0.3, 0.4) is 0 Å². The van der Waals surface area contributed by atoms with E-state index in [0.717, 1.165) is 31.0 Å². The van der Waals surface area contributed by atoms with Gasteiger partial charge < -0.3 is 15.8 Å². The predicted molar refractivity (Wildman–Crippen MR) is 98.7 cm³/mol. The highest BCUT2D eigenvalue weighted by molar-refractivity contribution is 14.0. The Labute approximate surface area is 148 Å². The van der Waals surface area contributed by atoms with Gasteiger partial charge in [0.15, 0.2) is 5.96 Å². The summed E-state index contributed by atoms with van der Waals surface area (Å²) in [6, 6.07) is 7.40. The van der Waals surface area contributed by atoms with E-state index < -0.39 is 0 Å². The molecule has 0 unspecified atom stereocenters.